The van der Waals surface area contributed by atoms with Gasteiger partial charge in [0.05, 0.1) is 11.2 Å². The molecule has 0 bridgehead atoms. The quantitative estimate of drug-likeness (QED) is 0.761. The number of rotatable bonds is 3. The Morgan fingerprint density at radius 2 is 1.48 bits per heavy atom. The Hall–Kier alpha value is -1.06. The summed E-state index contributed by atoms with van der Waals surface area (Å²) in [5, 5.41) is 0. The predicted octanol–water partition coefficient (Wildman–Crippen LogP) is 4.58. The molecule has 0 atom stereocenters. The third-order valence-electron chi connectivity index (χ3n) is 5.67. The van der Waals surface area contributed by atoms with Crippen LogP contribution in [-0.2, 0) is 9.31 Å². The first-order valence-corrected chi connectivity index (χ1v) is 9.01. The minimum absolute atomic E-state index is 0.267. The SMILES string of the molecule is CC1(C)OB(c2ccc(/C=C/C3CCCCC3)cc2)OC1(C)C. The second-order valence-corrected chi connectivity index (χ2v) is 8.01. The van der Waals surface area contributed by atoms with Crippen LogP contribution in [-0.4, -0.2) is 18.3 Å². The monoisotopic (exact) mass is 312 g/mol. The van der Waals surface area contributed by atoms with Crippen molar-refractivity contribution in [2.45, 2.75) is 71.0 Å². The molecular formula is C20H29BO2. The van der Waals surface area contributed by atoms with Gasteiger partial charge in [0.2, 0.25) is 0 Å². The average molecular weight is 312 g/mol. The Balaban J connectivity index is 1.65. The van der Waals surface area contributed by atoms with Crippen molar-refractivity contribution in [2.24, 2.45) is 5.92 Å². The van der Waals surface area contributed by atoms with Gasteiger partial charge >= 0.3 is 7.12 Å². The molecule has 2 aliphatic rings. The minimum Gasteiger partial charge on any atom is -0.399 e. The number of hydrogen-bond donors (Lipinski definition) is 0. The van der Waals surface area contributed by atoms with Crippen molar-refractivity contribution in [3.63, 3.8) is 0 Å². The molecule has 124 valence electrons. The van der Waals surface area contributed by atoms with Gasteiger partial charge in [0.1, 0.15) is 0 Å². The normalized spacial score (nSPS) is 24.4. The maximum absolute atomic E-state index is 6.10. The molecule has 0 amide bonds. The van der Waals surface area contributed by atoms with E-state index < -0.39 is 0 Å². The highest BCUT2D eigenvalue weighted by Crippen LogP contribution is 2.36. The Bertz CT molecular complexity index is 538. The summed E-state index contributed by atoms with van der Waals surface area (Å²) in [6, 6.07) is 8.59. The first-order chi connectivity index (χ1) is 10.9. The Labute approximate surface area is 141 Å². The zero-order valence-electron chi connectivity index (χ0n) is 15.0. The summed E-state index contributed by atoms with van der Waals surface area (Å²) in [6.45, 7) is 8.37. The Morgan fingerprint density at radius 3 is 2.04 bits per heavy atom. The second kappa shape index (κ2) is 6.45. The molecule has 3 heteroatoms. The molecule has 0 unspecified atom stereocenters. The summed E-state index contributed by atoms with van der Waals surface area (Å²) in [6.07, 6.45) is 11.5. The number of hydrogen-bond acceptors (Lipinski definition) is 2. The van der Waals surface area contributed by atoms with E-state index in [0.29, 0.717) is 0 Å². The van der Waals surface area contributed by atoms with Crippen LogP contribution in [0.2, 0.25) is 0 Å². The van der Waals surface area contributed by atoms with Crippen LogP contribution in [0.15, 0.2) is 30.3 Å². The van der Waals surface area contributed by atoms with Crippen molar-refractivity contribution in [1.29, 1.82) is 0 Å². The van der Waals surface area contributed by atoms with Crippen molar-refractivity contribution < 1.29 is 9.31 Å². The molecule has 0 radical (unpaired) electrons. The largest absolute Gasteiger partial charge is 0.494 e. The molecule has 1 heterocycles. The highest BCUT2D eigenvalue weighted by molar-refractivity contribution is 6.62. The summed E-state index contributed by atoms with van der Waals surface area (Å²) in [5.41, 5.74) is 1.79. The Kier molecular flexibility index (Phi) is 4.71. The molecule has 2 nitrogen and oxygen atoms in total. The first kappa shape index (κ1) is 16.8. The Morgan fingerprint density at radius 1 is 0.913 bits per heavy atom. The fourth-order valence-corrected chi connectivity index (χ4v) is 3.32. The highest BCUT2D eigenvalue weighted by atomic mass is 16.7. The van der Waals surface area contributed by atoms with E-state index in [0.717, 1.165) is 11.4 Å². The van der Waals surface area contributed by atoms with E-state index in [2.05, 4.69) is 64.1 Å². The van der Waals surface area contributed by atoms with Crippen molar-refractivity contribution in [3.8, 4) is 0 Å². The van der Waals surface area contributed by atoms with Crippen LogP contribution < -0.4 is 5.46 Å². The third kappa shape index (κ3) is 3.72. The minimum atomic E-state index is -0.281. The van der Waals surface area contributed by atoms with Gasteiger partial charge in [0, 0.05) is 0 Å². The van der Waals surface area contributed by atoms with Gasteiger partial charge in [0.25, 0.3) is 0 Å². The summed E-state index contributed by atoms with van der Waals surface area (Å²) in [5.74, 6) is 0.770. The van der Waals surface area contributed by atoms with E-state index in [9.17, 15) is 0 Å². The maximum Gasteiger partial charge on any atom is 0.494 e. The van der Waals surface area contributed by atoms with Crippen molar-refractivity contribution >= 4 is 18.7 Å². The summed E-state index contributed by atoms with van der Waals surface area (Å²) in [4.78, 5) is 0. The lowest BCUT2D eigenvalue weighted by molar-refractivity contribution is 0.00578. The van der Waals surface area contributed by atoms with E-state index >= 15 is 0 Å². The van der Waals surface area contributed by atoms with Crippen molar-refractivity contribution in [1.82, 2.24) is 0 Å². The summed E-state index contributed by atoms with van der Waals surface area (Å²) >= 11 is 0. The van der Waals surface area contributed by atoms with Crippen LogP contribution in [0.4, 0.5) is 0 Å². The molecule has 1 aliphatic heterocycles. The highest BCUT2D eigenvalue weighted by Gasteiger charge is 2.51. The number of benzene rings is 1. The van der Waals surface area contributed by atoms with Crippen molar-refractivity contribution in [2.75, 3.05) is 0 Å². The molecular weight excluding hydrogens is 283 g/mol. The van der Waals surface area contributed by atoms with Gasteiger partial charge in [-0.15, -0.1) is 0 Å². The van der Waals surface area contributed by atoms with Gasteiger partial charge in [-0.05, 0) is 57.5 Å². The smallest absolute Gasteiger partial charge is 0.399 e. The van der Waals surface area contributed by atoms with Gasteiger partial charge in [-0.25, -0.2) is 0 Å². The summed E-state index contributed by atoms with van der Waals surface area (Å²) < 4.78 is 12.2. The molecule has 3 rings (SSSR count). The van der Waals surface area contributed by atoms with Crippen LogP contribution in [0.3, 0.4) is 0 Å². The van der Waals surface area contributed by atoms with Crippen LogP contribution in [0.1, 0.15) is 65.4 Å². The zero-order valence-corrected chi connectivity index (χ0v) is 15.0. The topological polar surface area (TPSA) is 18.5 Å². The molecule has 1 saturated heterocycles. The van der Waals surface area contributed by atoms with Gasteiger partial charge in [0.15, 0.2) is 0 Å². The second-order valence-electron chi connectivity index (χ2n) is 8.01. The fourth-order valence-electron chi connectivity index (χ4n) is 3.32. The summed E-state index contributed by atoms with van der Waals surface area (Å²) in [7, 11) is -0.267. The van der Waals surface area contributed by atoms with Crippen LogP contribution in [0.5, 0.6) is 0 Å². The van der Waals surface area contributed by atoms with E-state index in [-0.39, 0.29) is 18.3 Å². The lowest BCUT2D eigenvalue weighted by Crippen LogP contribution is -2.41. The molecule has 2 fully saturated rings. The zero-order chi connectivity index (χ0) is 16.5. The van der Waals surface area contributed by atoms with Crippen LogP contribution >= 0.6 is 0 Å². The maximum atomic E-state index is 6.10. The van der Waals surface area contributed by atoms with E-state index in [4.69, 9.17) is 9.31 Å². The first-order valence-electron chi connectivity index (χ1n) is 9.01. The van der Waals surface area contributed by atoms with Gasteiger partial charge in [-0.2, -0.15) is 0 Å². The molecule has 1 aromatic rings. The standard InChI is InChI=1S/C20H29BO2/c1-19(2)20(3,4)23-21(22-19)18-14-12-17(13-15-18)11-10-16-8-6-5-7-9-16/h10-16H,5-9H2,1-4H3/b11-10+. The molecule has 1 aliphatic carbocycles. The molecule has 1 saturated carbocycles. The van der Waals surface area contributed by atoms with E-state index in [1.54, 1.807) is 0 Å². The molecule has 1 aromatic carbocycles. The predicted molar refractivity (Wildman–Crippen MR) is 97.8 cm³/mol. The van der Waals surface area contributed by atoms with E-state index in [1.165, 1.54) is 37.7 Å². The van der Waals surface area contributed by atoms with Gasteiger partial charge in [-0.1, -0.05) is 55.7 Å². The average Bonchev–Trinajstić information content (AvgIpc) is 2.75. The lowest BCUT2D eigenvalue weighted by Gasteiger charge is -2.32. The third-order valence-corrected chi connectivity index (χ3v) is 5.67. The van der Waals surface area contributed by atoms with Crippen LogP contribution in [0, 0.1) is 5.92 Å². The lowest BCUT2D eigenvalue weighted by atomic mass is 9.79. The fraction of sp³-hybridized carbons (Fsp3) is 0.600. The molecule has 0 N–H and O–H groups in total. The molecule has 0 aromatic heterocycles. The molecule has 0 spiro atoms. The van der Waals surface area contributed by atoms with Crippen LogP contribution in [0.25, 0.3) is 6.08 Å². The number of allylic oxidation sites excluding steroid dienone is 1. The van der Waals surface area contributed by atoms with Gasteiger partial charge < -0.3 is 9.31 Å². The van der Waals surface area contributed by atoms with E-state index in [1.807, 2.05) is 0 Å². The molecule has 23 heavy (non-hydrogen) atoms. The van der Waals surface area contributed by atoms with Crippen molar-refractivity contribution in [3.05, 3.63) is 35.9 Å². The van der Waals surface area contributed by atoms with Gasteiger partial charge in [-0.3, -0.25) is 0 Å².